The molecule has 18 heavy (non-hydrogen) atoms. The number of halogens is 2. The number of hydrogen-bond donors (Lipinski definition) is 0. The van der Waals surface area contributed by atoms with E-state index in [0.717, 1.165) is 0 Å². The van der Waals surface area contributed by atoms with Gasteiger partial charge in [0.2, 0.25) is 5.95 Å². The fraction of sp³-hybridized carbons (Fsp3) is 0.583. The normalized spacial score (nSPS) is 25.3. The van der Waals surface area contributed by atoms with Gasteiger partial charge in [0.1, 0.15) is 5.82 Å². The van der Waals surface area contributed by atoms with Crippen LogP contribution in [0.2, 0.25) is 0 Å². The highest BCUT2D eigenvalue weighted by Crippen LogP contribution is 2.36. The van der Waals surface area contributed by atoms with Gasteiger partial charge in [0.15, 0.2) is 0 Å². The molecule has 0 saturated carbocycles. The molecule has 0 spiro atoms. The van der Waals surface area contributed by atoms with E-state index >= 15 is 0 Å². The van der Waals surface area contributed by atoms with Crippen molar-refractivity contribution in [2.45, 2.75) is 45.7 Å². The predicted octanol–water partition coefficient (Wildman–Crippen LogP) is 1.97. The Kier molecular flexibility index (Phi) is 2.00. The van der Waals surface area contributed by atoms with E-state index in [9.17, 15) is 8.78 Å². The molecule has 0 N–H and O–H groups in total. The maximum absolute atomic E-state index is 14.3. The highest BCUT2D eigenvalue weighted by molar-refractivity contribution is 6.62. The van der Waals surface area contributed by atoms with Crippen molar-refractivity contribution < 1.29 is 23.6 Å². The summed E-state index contributed by atoms with van der Waals surface area (Å²) < 4.78 is 68.6. The molecule has 0 unspecified atom stereocenters. The molecule has 98 valence electrons. The first-order valence-corrected chi connectivity index (χ1v) is 5.49. The van der Waals surface area contributed by atoms with E-state index in [1.54, 1.807) is 27.7 Å². The zero-order valence-corrected chi connectivity index (χ0v) is 10.6. The zero-order valence-electron chi connectivity index (χ0n) is 14.6. The van der Waals surface area contributed by atoms with E-state index in [-0.39, 0.29) is 0 Å². The lowest BCUT2D eigenvalue weighted by molar-refractivity contribution is 0.00578. The number of nitrogens with zero attached hydrogens (tertiary/aromatic N) is 1. The standard InChI is InChI=1S/C12H16BF2NO2/c1-7-6-8(14)9(10(15)16-7)13-17-11(2,3)12(4,5)18-13/h6H,1-5H3/i1+1D3,6D. The van der Waals surface area contributed by atoms with Gasteiger partial charge in [-0.3, -0.25) is 0 Å². The Balaban J connectivity index is 2.54. The predicted molar refractivity (Wildman–Crippen MR) is 64.6 cm³/mol. The van der Waals surface area contributed by atoms with E-state index < -0.39 is 54.1 Å². The third-order valence-corrected chi connectivity index (χ3v) is 3.39. The Labute approximate surface area is 111 Å². The summed E-state index contributed by atoms with van der Waals surface area (Å²) in [4.78, 5) is 3.23. The summed E-state index contributed by atoms with van der Waals surface area (Å²) in [6.45, 7) is 3.93. The Bertz CT molecular complexity index is 606. The molecule has 3 nitrogen and oxygen atoms in total. The first kappa shape index (κ1) is 8.99. The Hall–Kier alpha value is -1.01. The summed E-state index contributed by atoms with van der Waals surface area (Å²) in [7, 11) is -1.40. The molecule has 1 fully saturated rings. The molecular formula is C12H16BF2NO2. The molecule has 0 amide bonds. The van der Waals surface area contributed by atoms with Crippen LogP contribution in [0.3, 0.4) is 0 Å². The summed E-state index contributed by atoms with van der Waals surface area (Å²) in [5.41, 5.74) is -3.28. The first-order valence-electron chi connectivity index (χ1n) is 7.49. The highest BCUT2D eigenvalue weighted by Gasteiger charge is 2.53. The van der Waals surface area contributed by atoms with Gasteiger partial charge in [-0.25, -0.2) is 9.37 Å². The SMILES string of the molecule is [2H]c1c([13C]([2H])([2H])[2H])nc(F)c(B2OC(C)(C)C(C)(C)O2)c1F. The fourth-order valence-electron chi connectivity index (χ4n) is 1.61. The molecule has 6 heteroatoms. The van der Waals surface area contributed by atoms with Gasteiger partial charge in [-0.2, -0.15) is 4.39 Å². The molecular weight excluding hydrogens is 240 g/mol. The van der Waals surface area contributed by atoms with Gasteiger partial charge in [-0.05, 0) is 40.6 Å². The van der Waals surface area contributed by atoms with Crippen LogP contribution in [-0.4, -0.2) is 23.3 Å². The van der Waals surface area contributed by atoms with Crippen molar-refractivity contribution in [1.82, 2.24) is 4.98 Å². The molecule has 2 rings (SSSR count). The lowest BCUT2D eigenvalue weighted by Gasteiger charge is -2.32. The minimum atomic E-state index is -2.88. The van der Waals surface area contributed by atoms with Crippen LogP contribution in [0.25, 0.3) is 0 Å². The maximum Gasteiger partial charge on any atom is 0.502 e. The summed E-state index contributed by atoms with van der Waals surface area (Å²) >= 11 is 0. The lowest BCUT2D eigenvalue weighted by atomic mass is 9.79. The Morgan fingerprint density at radius 3 is 2.33 bits per heavy atom. The lowest BCUT2D eigenvalue weighted by Crippen LogP contribution is -2.41. The Morgan fingerprint density at radius 2 is 1.83 bits per heavy atom. The van der Waals surface area contributed by atoms with E-state index in [1.165, 1.54) is 0 Å². The van der Waals surface area contributed by atoms with Crippen molar-refractivity contribution in [2.75, 3.05) is 0 Å². The second-order valence-corrected chi connectivity index (χ2v) is 5.19. The molecule has 2 heterocycles. The molecule has 1 saturated heterocycles. The maximum atomic E-state index is 14.3. The first-order chi connectivity index (χ1) is 9.78. The minimum absolute atomic E-state index is 0.684. The van der Waals surface area contributed by atoms with Gasteiger partial charge in [-0.1, -0.05) is 0 Å². The fourth-order valence-corrected chi connectivity index (χ4v) is 1.61. The average Bonchev–Trinajstić information content (AvgIpc) is 2.51. The largest absolute Gasteiger partial charge is 0.502 e. The van der Waals surface area contributed by atoms with Gasteiger partial charge < -0.3 is 9.31 Å². The molecule has 0 atom stereocenters. The number of aromatic nitrogens is 1. The molecule has 0 radical (unpaired) electrons. The van der Waals surface area contributed by atoms with Crippen LogP contribution >= 0.6 is 0 Å². The smallest absolute Gasteiger partial charge is 0.399 e. The van der Waals surface area contributed by atoms with E-state index in [2.05, 4.69) is 4.98 Å². The number of aryl methyl sites for hydroxylation is 1. The molecule has 1 aliphatic heterocycles. The second-order valence-electron chi connectivity index (χ2n) is 5.19. The van der Waals surface area contributed by atoms with E-state index in [0.29, 0.717) is 0 Å². The van der Waals surface area contributed by atoms with Crippen LogP contribution in [-0.2, 0) is 9.31 Å². The summed E-state index contributed by atoms with van der Waals surface area (Å²) in [5.74, 6) is -2.68. The minimum Gasteiger partial charge on any atom is -0.399 e. The Morgan fingerprint density at radius 1 is 1.28 bits per heavy atom. The van der Waals surface area contributed by atoms with Gasteiger partial charge in [-0.15, -0.1) is 0 Å². The zero-order chi connectivity index (χ0) is 17.1. The number of hydrogen-bond acceptors (Lipinski definition) is 3. The van der Waals surface area contributed by atoms with Crippen molar-refractivity contribution in [1.29, 1.82) is 0 Å². The summed E-state index contributed by atoms with van der Waals surface area (Å²) in [6, 6.07) is -0.980. The van der Waals surface area contributed by atoms with E-state index in [1.807, 2.05) is 0 Å². The van der Waals surface area contributed by atoms with Crippen molar-refractivity contribution in [3.05, 3.63) is 23.5 Å². The number of pyridine rings is 1. The monoisotopic (exact) mass is 260 g/mol. The summed E-state index contributed by atoms with van der Waals surface area (Å²) in [5, 5.41) is 0. The van der Waals surface area contributed by atoms with Crippen LogP contribution in [0.5, 0.6) is 0 Å². The van der Waals surface area contributed by atoms with Crippen molar-refractivity contribution in [3.63, 3.8) is 0 Å². The van der Waals surface area contributed by atoms with E-state index in [4.69, 9.17) is 14.8 Å². The van der Waals surface area contributed by atoms with Crippen LogP contribution in [0, 0.1) is 18.6 Å². The van der Waals surface area contributed by atoms with Crippen molar-refractivity contribution in [3.8, 4) is 0 Å². The molecule has 0 bridgehead atoms. The van der Waals surface area contributed by atoms with Crippen LogP contribution < -0.4 is 5.46 Å². The number of rotatable bonds is 1. The molecule has 0 aliphatic carbocycles. The quantitative estimate of drug-likeness (QED) is 0.439. The van der Waals surface area contributed by atoms with Gasteiger partial charge in [0.25, 0.3) is 0 Å². The van der Waals surface area contributed by atoms with Gasteiger partial charge in [0.05, 0.1) is 18.0 Å². The molecule has 1 aliphatic rings. The van der Waals surface area contributed by atoms with Gasteiger partial charge in [0, 0.05) is 9.81 Å². The van der Waals surface area contributed by atoms with Crippen molar-refractivity contribution in [2.24, 2.45) is 0 Å². The van der Waals surface area contributed by atoms with Crippen LogP contribution in [0.15, 0.2) is 6.04 Å². The third-order valence-electron chi connectivity index (χ3n) is 3.39. The average molecular weight is 260 g/mol. The molecule has 1 aromatic heterocycles. The van der Waals surface area contributed by atoms with Crippen LogP contribution in [0.1, 0.15) is 38.9 Å². The second kappa shape index (κ2) is 4.00. The third kappa shape index (κ3) is 2.03. The molecule has 1 aromatic rings. The highest BCUT2D eigenvalue weighted by atomic mass is 19.1. The topological polar surface area (TPSA) is 31.4 Å². The van der Waals surface area contributed by atoms with Gasteiger partial charge >= 0.3 is 7.12 Å². The molecule has 0 aromatic carbocycles. The van der Waals surface area contributed by atoms with Crippen molar-refractivity contribution >= 4 is 12.6 Å². The summed E-state index contributed by atoms with van der Waals surface area (Å²) in [6.07, 6.45) is 0. The van der Waals surface area contributed by atoms with Crippen LogP contribution in [0.4, 0.5) is 8.78 Å².